The lowest BCUT2D eigenvalue weighted by molar-refractivity contribution is -0.116. The Bertz CT molecular complexity index is 1090. The van der Waals surface area contributed by atoms with Crippen LogP contribution in [0.1, 0.15) is 30.0 Å². The molecule has 6 nitrogen and oxygen atoms in total. The molecule has 2 aromatic rings. The fraction of sp³-hybridized carbons (Fsp3) is 0.200. The number of rotatable bonds is 7. The van der Waals surface area contributed by atoms with Gasteiger partial charge in [-0.05, 0) is 42.7 Å². The largest absolute Gasteiger partial charge is 0.333 e. The summed E-state index contributed by atoms with van der Waals surface area (Å²) in [7, 11) is -3.55. The molecule has 1 unspecified atom stereocenters. The molecule has 0 saturated heterocycles. The third-order valence-electron chi connectivity index (χ3n) is 4.21. The molecule has 1 saturated carbocycles. The molecular weight excluding hydrogens is 400 g/mol. The van der Waals surface area contributed by atoms with Gasteiger partial charge in [0.05, 0.1) is 11.0 Å². The molecule has 1 aliphatic carbocycles. The lowest BCUT2D eigenvalue weighted by Crippen LogP contribution is -2.26. The Morgan fingerprint density at radius 2 is 1.86 bits per heavy atom. The molecule has 0 aromatic heterocycles. The van der Waals surface area contributed by atoms with E-state index in [1.807, 2.05) is 0 Å². The number of nitriles is 1. The van der Waals surface area contributed by atoms with Gasteiger partial charge in [0.2, 0.25) is 15.9 Å². The quantitative estimate of drug-likeness (QED) is 0.677. The number of hydrogen-bond donors (Lipinski definition) is 2. The van der Waals surface area contributed by atoms with E-state index in [1.54, 1.807) is 6.07 Å². The molecule has 0 radical (unpaired) electrons. The number of hydrogen-bond acceptors (Lipinski definition) is 4. The van der Waals surface area contributed by atoms with Crippen LogP contribution >= 0.6 is 0 Å². The minimum atomic E-state index is -3.55. The highest BCUT2D eigenvalue weighted by molar-refractivity contribution is 7.89. The van der Waals surface area contributed by atoms with Crippen LogP contribution < -0.4 is 10.0 Å². The molecule has 0 bridgehead atoms. The van der Waals surface area contributed by atoms with Crippen LogP contribution in [-0.2, 0) is 14.8 Å². The zero-order chi connectivity index (χ0) is 21.0. The summed E-state index contributed by atoms with van der Waals surface area (Å²) in [6, 6.07) is 9.11. The number of benzene rings is 2. The van der Waals surface area contributed by atoms with Crippen molar-refractivity contribution in [2.24, 2.45) is 0 Å². The molecule has 0 aliphatic heterocycles. The third kappa shape index (κ3) is 5.47. The number of halogens is 2. The third-order valence-corrected chi connectivity index (χ3v) is 5.74. The van der Waals surface area contributed by atoms with Gasteiger partial charge < -0.3 is 5.32 Å². The average molecular weight is 417 g/mol. The van der Waals surface area contributed by atoms with Gasteiger partial charge in [0, 0.05) is 23.7 Å². The fourth-order valence-electron chi connectivity index (χ4n) is 2.52. The first kappa shape index (κ1) is 20.6. The highest BCUT2D eigenvalue weighted by Gasteiger charge is 2.27. The topological polar surface area (TPSA) is 99.1 Å². The van der Waals surface area contributed by atoms with Crippen molar-refractivity contribution in [2.75, 3.05) is 0 Å². The van der Waals surface area contributed by atoms with Crippen LogP contribution in [-0.4, -0.2) is 20.4 Å². The first-order valence-electron chi connectivity index (χ1n) is 8.74. The zero-order valence-corrected chi connectivity index (χ0v) is 15.9. The summed E-state index contributed by atoms with van der Waals surface area (Å²) in [5.74, 6) is -2.38. The Morgan fingerprint density at radius 1 is 1.17 bits per heavy atom. The first-order chi connectivity index (χ1) is 13.8. The van der Waals surface area contributed by atoms with E-state index in [-0.39, 0.29) is 16.5 Å². The van der Waals surface area contributed by atoms with Gasteiger partial charge in [-0.15, -0.1) is 0 Å². The molecule has 0 spiro atoms. The van der Waals surface area contributed by atoms with Crippen LogP contribution in [0.4, 0.5) is 8.78 Å². The molecule has 150 valence electrons. The van der Waals surface area contributed by atoms with Crippen molar-refractivity contribution >= 4 is 22.0 Å². The summed E-state index contributed by atoms with van der Waals surface area (Å²) in [5.41, 5.74) is 0.417. The smallest absolute Gasteiger partial charge is 0.245 e. The molecule has 2 N–H and O–H groups in total. The predicted molar refractivity (Wildman–Crippen MR) is 102 cm³/mol. The number of nitrogens with zero attached hydrogens (tertiary/aromatic N) is 1. The summed E-state index contributed by atoms with van der Waals surface area (Å²) in [5, 5.41) is 11.5. The van der Waals surface area contributed by atoms with Gasteiger partial charge in [0.25, 0.3) is 0 Å². The van der Waals surface area contributed by atoms with Crippen molar-refractivity contribution in [1.29, 1.82) is 5.26 Å². The van der Waals surface area contributed by atoms with E-state index in [1.165, 1.54) is 30.3 Å². The molecule has 2 aromatic carbocycles. The maximum Gasteiger partial charge on any atom is 0.245 e. The summed E-state index contributed by atoms with van der Waals surface area (Å²) < 4.78 is 53.6. The normalized spacial score (nSPS) is 15.1. The van der Waals surface area contributed by atoms with Crippen molar-refractivity contribution in [2.45, 2.75) is 29.8 Å². The van der Waals surface area contributed by atoms with Crippen LogP contribution in [0.25, 0.3) is 6.08 Å². The maximum absolute atomic E-state index is 13.8. The molecule has 9 heteroatoms. The fourth-order valence-corrected chi connectivity index (χ4v) is 3.83. The van der Waals surface area contributed by atoms with Crippen LogP contribution in [0.2, 0.25) is 0 Å². The lowest BCUT2D eigenvalue weighted by Gasteiger charge is -2.11. The molecule has 1 fully saturated rings. The predicted octanol–water partition coefficient (Wildman–Crippen LogP) is 2.80. The van der Waals surface area contributed by atoms with Crippen molar-refractivity contribution in [3.05, 3.63) is 71.3 Å². The number of carbonyl (C=O) groups is 1. The maximum atomic E-state index is 13.8. The van der Waals surface area contributed by atoms with Crippen LogP contribution in [0.3, 0.4) is 0 Å². The SMILES string of the molecule is N#CC(NC(=O)/C=C/c1ccc(S(=O)(=O)NC2CC2)cc1)c1ccc(F)cc1F. The van der Waals surface area contributed by atoms with Gasteiger partial charge >= 0.3 is 0 Å². The van der Waals surface area contributed by atoms with Gasteiger partial charge in [-0.1, -0.05) is 18.2 Å². The van der Waals surface area contributed by atoms with Crippen LogP contribution in [0.15, 0.2) is 53.4 Å². The van der Waals surface area contributed by atoms with E-state index in [4.69, 9.17) is 5.26 Å². The van der Waals surface area contributed by atoms with E-state index in [0.29, 0.717) is 11.6 Å². The molecule has 1 amide bonds. The second-order valence-corrected chi connectivity index (χ2v) is 8.25. The van der Waals surface area contributed by atoms with E-state index in [9.17, 15) is 22.0 Å². The molecule has 1 atom stereocenters. The lowest BCUT2D eigenvalue weighted by atomic mass is 10.1. The highest BCUT2D eigenvalue weighted by Crippen LogP contribution is 2.22. The van der Waals surface area contributed by atoms with Crippen LogP contribution in [0.5, 0.6) is 0 Å². The summed E-state index contributed by atoms with van der Waals surface area (Å²) >= 11 is 0. The minimum Gasteiger partial charge on any atom is -0.333 e. The first-order valence-corrected chi connectivity index (χ1v) is 10.2. The van der Waals surface area contributed by atoms with Gasteiger partial charge in [-0.25, -0.2) is 21.9 Å². The Balaban J connectivity index is 1.64. The van der Waals surface area contributed by atoms with E-state index in [2.05, 4.69) is 10.0 Å². The van der Waals surface area contributed by atoms with Crippen molar-refractivity contribution in [3.63, 3.8) is 0 Å². The number of sulfonamides is 1. The van der Waals surface area contributed by atoms with Gasteiger partial charge in [0.15, 0.2) is 0 Å². The highest BCUT2D eigenvalue weighted by atomic mass is 32.2. The molecule has 1 aliphatic rings. The molecule has 3 rings (SSSR count). The number of amides is 1. The standard InChI is InChI=1S/C20H17F2N3O3S/c21-14-4-9-17(18(22)11-14)19(12-23)24-20(26)10-3-13-1-7-16(8-2-13)29(27,28)25-15-5-6-15/h1-4,7-11,15,19,25H,5-6H2,(H,24,26)/b10-3+. The monoisotopic (exact) mass is 417 g/mol. The Morgan fingerprint density at radius 3 is 2.45 bits per heavy atom. The summed E-state index contributed by atoms with van der Waals surface area (Å²) in [6.45, 7) is 0. The number of carbonyl (C=O) groups excluding carboxylic acids is 1. The second kappa shape index (κ2) is 8.51. The van der Waals surface area contributed by atoms with Crippen molar-refractivity contribution in [1.82, 2.24) is 10.0 Å². The van der Waals surface area contributed by atoms with Gasteiger partial charge in [-0.3, -0.25) is 4.79 Å². The van der Waals surface area contributed by atoms with E-state index in [0.717, 1.165) is 31.1 Å². The molecule has 29 heavy (non-hydrogen) atoms. The minimum absolute atomic E-state index is 0.00212. The van der Waals surface area contributed by atoms with Crippen molar-refractivity contribution < 1.29 is 22.0 Å². The van der Waals surface area contributed by atoms with E-state index >= 15 is 0 Å². The Kier molecular flexibility index (Phi) is 6.06. The van der Waals surface area contributed by atoms with Gasteiger partial charge in [-0.2, -0.15) is 5.26 Å². The Hall–Kier alpha value is -3.09. The van der Waals surface area contributed by atoms with E-state index < -0.39 is 33.6 Å². The van der Waals surface area contributed by atoms with Crippen molar-refractivity contribution in [3.8, 4) is 6.07 Å². The average Bonchev–Trinajstić information content (AvgIpc) is 3.48. The zero-order valence-electron chi connectivity index (χ0n) is 15.1. The Labute approximate surface area is 166 Å². The summed E-state index contributed by atoms with van der Waals surface area (Å²) in [6.07, 6.45) is 4.23. The summed E-state index contributed by atoms with van der Waals surface area (Å²) in [4.78, 5) is 12.2. The number of nitrogens with one attached hydrogen (secondary N) is 2. The van der Waals surface area contributed by atoms with Gasteiger partial charge in [0.1, 0.15) is 17.7 Å². The molecular formula is C20H17F2N3O3S. The van der Waals surface area contributed by atoms with Crippen LogP contribution in [0, 0.1) is 23.0 Å². The second-order valence-electron chi connectivity index (χ2n) is 6.53. The molecule has 0 heterocycles.